The molecule has 1 unspecified atom stereocenters. The Bertz CT molecular complexity index is 362. The summed E-state index contributed by atoms with van der Waals surface area (Å²) in [4.78, 5) is 0. The summed E-state index contributed by atoms with van der Waals surface area (Å²) in [7, 11) is 1.73. The van der Waals surface area contributed by atoms with E-state index >= 15 is 0 Å². The van der Waals surface area contributed by atoms with Gasteiger partial charge in [0.2, 0.25) is 0 Å². The third-order valence-electron chi connectivity index (χ3n) is 3.07. The number of nitrogens with two attached hydrogens (primary N) is 1. The Labute approximate surface area is 111 Å². The fourth-order valence-corrected chi connectivity index (χ4v) is 1.82. The molecule has 0 bridgehead atoms. The van der Waals surface area contributed by atoms with Crippen LogP contribution in [0.5, 0.6) is 5.75 Å². The molecular weight excluding hydrogens is 224 g/mol. The first-order valence-electron chi connectivity index (χ1n) is 6.67. The summed E-state index contributed by atoms with van der Waals surface area (Å²) in [6.07, 6.45) is 0.992. The van der Waals surface area contributed by atoms with E-state index < -0.39 is 0 Å². The van der Waals surface area contributed by atoms with Crippen LogP contribution in [0.4, 0.5) is 0 Å². The van der Waals surface area contributed by atoms with E-state index in [2.05, 4.69) is 37.4 Å². The van der Waals surface area contributed by atoms with Crippen LogP contribution in [0.2, 0.25) is 0 Å². The molecule has 1 aromatic carbocycles. The van der Waals surface area contributed by atoms with E-state index in [-0.39, 0.29) is 6.04 Å². The van der Waals surface area contributed by atoms with Crippen LogP contribution in [0.25, 0.3) is 0 Å². The first-order chi connectivity index (χ1) is 8.54. The fourth-order valence-electron chi connectivity index (χ4n) is 1.82. The van der Waals surface area contributed by atoms with Crippen molar-refractivity contribution >= 4 is 0 Å². The van der Waals surface area contributed by atoms with Gasteiger partial charge in [-0.1, -0.05) is 26.0 Å². The van der Waals surface area contributed by atoms with Gasteiger partial charge in [-0.15, -0.1) is 0 Å². The van der Waals surface area contributed by atoms with Crippen LogP contribution in [0, 0.1) is 0 Å². The molecule has 102 valence electrons. The molecule has 1 rings (SSSR count). The third-order valence-corrected chi connectivity index (χ3v) is 3.07. The minimum Gasteiger partial charge on any atom is -0.496 e. The molecule has 0 amide bonds. The van der Waals surface area contributed by atoms with Crippen molar-refractivity contribution < 1.29 is 4.74 Å². The quantitative estimate of drug-likeness (QED) is 0.731. The molecule has 0 aliphatic heterocycles. The monoisotopic (exact) mass is 250 g/mol. The molecule has 0 aliphatic rings. The van der Waals surface area contributed by atoms with Crippen molar-refractivity contribution in [2.45, 2.75) is 45.7 Å². The number of methoxy groups -OCH3 is 1. The van der Waals surface area contributed by atoms with E-state index in [1.54, 1.807) is 7.11 Å². The highest BCUT2D eigenvalue weighted by molar-refractivity contribution is 5.38. The SMILES string of the molecule is COc1cc(C(C)C)ccc1CNCCC(C)N. The normalized spacial score (nSPS) is 12.8. The average molecular weight is 250 g/mol. The van der Waals surface area contributed by atoms with Crippen molar-refractivity contribution in [3.05, 3.63) is 29.3 Å². The van der Waals surface area contributed by atoms with Crippen molar-refractivity contribution in [3.8, 4) is 5.75 Å². The van der Waals surface area contributed by atoms with Gasteiger partial charge in [-0.2, -0.15) is 0 Å². The summed E-state index contributed by atoms with van der Waals surface area (Å²) in [5.74, 6) is 1.49. The highest BCUT2D eigenvalue weighted by atomic mass is 16.5. The van der Waals surface area contributed by atoms with Crippen LogP contribution in [0.3, 0.4) is 0 Å². The van der Waals surface area contributed by atoms with Crippen LogP contribution >= 0.6 is 0 Å². The van der Waals surface area contributed by atoms with Crippen LogP contribution in [-0.4, -0.2) is 19.7 Å². The van der Waals surface area contributed by atoms with Gasteiger partial charge < -0.3 is 15.8 Å². The number of rotatable bonds is 7. The summed E-state index contributed by atoms with van der Waals surface area (Å²) in [5.41, 5.74) is 8.23. The zero-order valence-electron chi connectivity index (χ0n) is 12.0. The van der Waals surface area contributed by atoms with Crippen molar-refractivity contribution in [3.63, 3.8) is 0 Å². The second kappa shape index (κ2) is 7.39. The Balaban J connectivity index is 2.59. The number of hydrogen-bond acceptors (Lipinski definition) is 3. The van der Waals surface area contributed by atoms with Gasteiger partial charge in [0.25, 0.3) is 0 Å². The zero-order valence-corrected chi connectivity index (χ0v) is 12.0. The Morgan fingerprint density at radius 2 is 2.00 bits per heavy atom. The first-order valence-corrected chi connectivity index (χ1v) is 6.67. The van der Waals surface area contributed by atoms with Gasteiger partial charge in [0.05, 0.1) is 7.11 Å². The molecule has 0 spiro atoms. The minimum atomic E-state index is 0.253. The van der Waals surface area contributed by atoms with Gasteiger partial charge in [-0.25, -0.2) is 0 Å². The largest absolute Gasteiger partial charge is 0.496 e. The molecule has 0 aromatic heterocycles. The van der Waals surface area contributed by atoms with Crippen molar-refractivity contribution in [1.29, 1.82) is 0 Å². The van der Waals surface area contributed by atoms with E-state index in [0.29, 0.717) is 5.92 Å². The summed E-state index contributed by atoms with van der Waals surface area (Å²) >= 11 is 0. The van der Waals surface area contributed by atoms with Crippen LogP contribution in [-0.2, 0) is 6.54 Å². The molecule has 0 fully saturated rings. The molecule has 0 saturated carbocycles. The molecule has 3 nitrogen and oxygen atoms in total. The highest BCUT2D eigenvalue weighted by Gasteiger charge is 2.06. The second-order valence-electron chi connectivity index (χ2n) is 5.17. The second-order valence-corrected chi connectivity index (χ2v) is 5.17. The number of ether oxygens (including phenoxy) is 1. The Morgan fingerprint density at radius 3 is 2.56 bits per heavy atom. The van der Waals surface area contributed by atoms with E-state index in [1.807, 2.05) is 6.92 Å². The molecule has 18 heavy (non-hydrogen) atoms. The van der Waals surface area contributed by atoms with Crippen molar-refractivity contribution in [1.82, 2.24) is 5.32 Å². The third kappa shape index (κ3) is 4.67. The molecule has 3 heteroatoms. The van der Waals surface area contributed by atoms with Gasteiger partial charge in [-0.3, -0.25) is 0 Å². The molecule has 0 saturated heterocycles. The lowest BCUT2D eigenvalue weighted by molar-refractivity contribution is 0.406. The topological polar surface area (TPSA) is 47.3 Å². The van der Waals surface area contributed by atoms with Crippen molar-refractivity contribution in [2.75, 3.05) is 13.7 Å². The number of nitrogens with one attached hydrogen (secondary N) is 1. The molecule has 0 heterocycles. The van der Waals surface area contributed by atoms with Gasteiger partial charge >= 0.3 is 0 Å². The molecule has 1 aromatic rings. The highest BCUT2D eigenvalue weighted by Crippen LogP contribution is 2.24. The Kier molecular flexibility index (Phi) is 6.16. The summed E-state index contributed by atoms with van der Waals surface area (Å²) in [6, 6.07) is 6.71. The molecular formula is C15H26N2O. The average Bonchev–Trinajstić information content (AvgIpc) is 2.34. The maximum absolute atomic E-state index is 5.72. The summed E-state index contributed by atoms with van der Waals surface area (Å²) in [5, 5.41) is 3.40. The summed E-state index contributed by atoms with van der Waals surface area (Å²) in [6.45, 7) is 8.17. The molecule has 0 aliphatic carbocycles. The Morgan fingerprint density at radius 1 is 1.28 bits per heavy atom. The number of hydrogen-bond donors (Lipinski definition) is 2. The molecule has 3 N–H and O–H groups in total. The standard InChI is InChI=1S/C15H26N2O/c1-11(2)13-5-6-14(15(9-13)18-4)10-17-8-7-12(3)16/h5-6,9,11-12,17H,7-8,10,16H2,1-4H3. The smallest absolute Gasteiger partial charge is 0.123 e. The van der Waals surface area contributed by atoms with E-state index in [9.17, 15) is 0 Å². The van der Waals surface area contributed by atoms with E-state index in [4.69, 9.17) is 10.5 Å². The van der Waals surface area contributed by atoms with E-state index in [0.717, 1.165) is 25.3 Å². The van der Waals surface area contributed by atoms with Gasteiger partial charge in [0.15, 0.2) is 0 Å². The zero-order chi connectivity index (χ0) is 13.5. The van der Waals surface area contributed by atoms with Crippen molar-refractivity contribution in [2.24, 2.45) is 5.73 Å². The van der Waals surface area contributed by atoms with Crippen LogP contribution < -0.4 is 15.8 Å². The first kappa shape index (κ1) is 15.0. The predicted molar refractivity (Wildman–Crippen MR) is 77.1 cm³/mol. The number of benzene rings is 1. The maximum Gasteiger partial charge on any atom is 0.123 e. The maximum atomic E-state index is 5.72. The van der Waals surface area contributed by atoms with Gasteiger partial charge in [0.1, 0.15) is 5.75 Å². The predicted octanol–water partition coefficient (Wildman–Crippen LogP) is 2.65. The Hall–Kier alpha value is -1.06. The summed E-state index contributed by atoms with van der Waals surface area (Å²) < 4.78 is 5.45. The lowest BCUT2D eigenvalue weighted by Crippen LogP contribution is -2.23. The fraction of sp³-hybridized carbons (Fsp3) is 0.600. The molecule has 1 atom stereocenters. The lowest BCUT2D eigenvalue weighted by atomic mass is 10.0. The van der Waals surface area contributed by atoms with Crippen LogP contribution in [0.1, 0.15) is 44.2 Å². The molecule has 0 radical (unpaired) electrons. The minimum absolute atomic E-state index is 0.253. The lowest BCUT2D eigenvalue weighted by Gasteiger charge is -2.13. The van der Waals surface area contributed by atoms with Crippen LogP contribution in [0.15, 0.2) is 18.2 Å². The van der Waals surface area contributed by atoms with Gasteiger partial charge in [0, 0.05) is 18.2 Å². The van der Waals surface area contributed by atoms with Gasteiger partial charge in [-0.05, 0) is 37.4 Å². The van der Waals surface area contributed by atoms with E-state index in [1.165, 1.54) is 11.1 Å².